The number of amides is 1. The number of nitrogens with zero attached hydrogens (tertiary/aromatic N) is 1. The number of hydrogen-bond donors (Lipinski definition) is 4. The summed E-state index contributed by atoms with van der Waals surface area (Å²) in [5.41, 5.74) is 5.27. The van der Waals surface area contributed by atoms with Crippen molar-refractivity contribution < 1.29 is 19.8 Å². The molecule has 0 aromatic rings. The van der Waals surface area contributed by atoms with Gasteiger partial charge in [-0.05, 0) is 25.7 Å². The van der Waals surface area contributed by atoms with Crippen molar-refractivity contribution in [3.05, 3.63) is 0 Å². The number of aliphatic carboxylic acids is 1. The van der Waals surface area contributed by atoms with E-state index in [0.717, 1.165) is 5.01 Å². The largest absolute Gasteiger partial charge is 0.481 e. The van der Waals surface area contributed by atoms with Crippen LogP contribution in [0.4, 0.5) is 4.79 Å². The summed E-state index contributed by atoms with van der Waals surface area (Å²) in [6.07, 6.45) is 1.53. The molecule has 1 aliphatic heterocycles. The van der Waals surface area contributed by atoms with Crippen molar-refractivity contribution in [3.63, 3.8) is 0 Å². The molecule has 7 heteroatoms. The number of carbonyl (C=O) groups is 2. The third kappa shape index (κ3) is 1.96. The minimum atomic E-state index is -1.02. The summed E-state index contributed by atoms with van der Waals surface area (Å²) in [6, 6.07) is 0. The molecular weight excluding hydrogens is 214 g/mol. The molecule has 90 valence electrons. The van der Waals surface area contributed by atoms with Gasteiger partial charge in [-0.15, -0.1) is 0 Å². The van der Waals surface area contributed by atoms with Gasteiger partial charge in [0.2, 0.25) is 0 Å². The standard InChI is InChI=1S/C9H15N3O4/c13-7(14)6-1-3-9(4-2-6)5-12(8(15)16)11-10-9/h6,10-11H,1-5H2,(H,13,14)(H,15,16). The fourth-order valence-electron chi connectivity index (χ4n) is 2.38. The Bertz CT molecular complexity index is 312. The molecule has 1 saturated carbocycles. The van der Waals surface area contributed by atoms with Crippen LogP contribution in [0.15, 0.2) is 0 Å². The molecule has 0 atom stereocenters. The smallest absolute Gasteiger partial charge is 0.422 e. The lowest BCUT2D eigenvalue weighted by Crippen LogP contribution is -2.48. The Balaban J connectivity index is 1.93. The average Bonchev–Trinajstić information content (AvgIpc) is 2.63. The van der Waals surface area contributed by atoms with Crippen molar-refractivity contribution in [2.24, 2.45) is 5.92 Å². The van der Waals surface area contributed by atoms with Crippen LogP contribution in [-0.2, 0) is 4.79 Å². The molecule has 0 aromatic heterocycles. The minimum Gasteiger partial charge on any atom is -0.481 e. The van der Waals surface area contributed by atoms with Crippen LogP contribution in [0, 0.1) is 5.92 Å². The zero-order valence-electron chi connectivity index (χ0n) is 8.77. The van der Waals surface area contributed by atoms with Gasteiger partial charge in [0.15, 0.2) is 0 Å². The molecule has 2 aliphatic rings. The molecule has 0 bridgehead atoms. The third-order valence-electron chi connectivity index (χ3n) is 3.44. The van der Waals surface area contributed by atoms with Crippen molar-refractivity contribution in [2.75, 3.05) is 6.54 Å². The maximum Gasteiger partial charge on any atom is 0.422 e. The van der Waals surface area contributed by atoms with Gasteiger partial charge in [-0.25, -0.2) is 15.2 Å². The number of hydrazine groups is 2. The van der Waals surface area contributed by atoms with E-state index in [0.29, 0.717) is 32.2 Å². The van der Waals surface area contributed by atoms with Crippen LogP contribution < -0.4 is 11.0 Å². The highest BCUT2D eigenvalue weighted by atomic mass is 16.4. The first-order valence-corrected chi connectivity index (χ1v) is 5.28. The van der Waals surface area contributed by atoms with Gasteiger partial charge >= 0.3 is 12.1 Å². The second kappa shape index (κ2) is 3.91. The topological polar surface area (TPSA) is 102 Å². The van der Waals surface area contributed by atoms with Crippen molar-refractivity contribution in [1.29, 1.82) is 0 Å². The van der Waals surface area contributed by atoms with Gasteiger partial charge in [-0.1, -0.05) is 0 Å². The first-order valence-electron chi connectivity index (χ1n) is 5.28. The van der Waals surface area contributed by atoms with E-state index in [1.807, 2.05) is 0 Å². The lowest BCUT2D eigenvalue weighted by molar-refractivity contribution is -0.143. The summed E-state index contributed by atoms with van der Waals surface area (Å²) in [5, 5.41) is 18.8. The van der Waals surface area contributed by atoms with E-state index in [9.17, 15) is 9.59 Å². The molecular formula is C9H15N3O4. The highest BCUT2D eigenvalue weighted by Crippen LogP contribution is 2.34. The first kappa shape index (κ1) is 11.2. The molecule has 0 aromatic carbocycles. The summed E-state index contributed by atoms with van der Waals surface area (Å²) in [5.74, 6) is -1.04. The molecule has 0 radical (unpaired) electrons. The van der Waals surface area contributed by atoms with Gasteiger partial charge in [-0.3, -0.25) is 4.79 Å². The molecule has 1 heterocycles. The van der Waals surface area contributed by atoms with Crippen molar-refractivity contribution >= 4 is 12.1 Å². The van der Waals surface area contributed by atoms with Crippen LogP contribution in [0.5, 0.6) is 0 Å². The molecule has 0 unspecified atom stereocenters. The molecule has 2 rings (SSSR count). The first-order chi connectivity index (χ1) is 7.52. The van der Waals surface area contributed by atoms with Crippen LogP contribution in [0.3, 0.4) is 0 Å². The van der Waals surface area contributed by atoms with Crippen molar-refractivity contribution in [2.45, 2.75) is 31.2 Å². The molecule has 4 N–H and O–H groups in total. The van der Waals surface area contributed by atoms with Gasteiger partial charge in [-0.2, -0.15) is 5.53 Å². The van der Waals surface area contributed by atoms with E-state index in [2.05, 4.69) is 11.0 Å². The van der Waals surface area contributed by atoms with Gasteiger partial charge in [0.05, 0.1) is 18.0 Å². The minimum absolute atomic E-state index is 0.286. The molecule has 1 amide bonds. The number of hydrogen-bond acceptors (Lipinski definition) is 4. The van der Waals surface area contributed by atoms with Crippen LogP contribution in [0.25, 0.3) is 0 Å². The van der Waals surface area contributed by atoms with E-state index in [-0.39, 0.29) is 11.5 Å². The number of carboxylic acid groups (broad SMARTS) is 2. The van der Waals surface area contributed by atoms with E-state index < -0.39 is 12.1 Å². The van der Waals surface area contributed by atoms with Gasteiger partial charge in [0.1, 0.15) is 0 Å². The molecule has 1 aliphatic carbocycles. The summed E-state index contributed by atoms with van der Waals surface area (Å²) >= 11 is 0. The maximum absolute atomic E-state index is 10.8. The molecule has 1 spiro atoms. The molecule has 1 saturated heterocycles. The van der Waals surface area contributed by atoms with E-state index >= 15 is 0 Å². The number of carboxylic acids is 1. The maximum atomic E-state index is 10.8. The number of nitrogens with one attached hydrogen (secondary N) is 2. The average molecular weight is 229 g/mol. The second-order valence-electron chi connectivity index (χ2n) is 4.50. The molecule has 16 heavy (non-hydrogen) atoms. The summed E-state index contributed by atoms with van der Waals surface area (Å²) < 4.78 is 0. The van der Waals surface area contributed by atoms with Crippen LogP contribution in [0.1, 0.15) is 25.7 Å². The summed E-state index contributed by atoms with van der Waals surface area (Å²) in [7, 11) is 0. The zero-order chi connectivity index (χ0) is 11.8. The van der Waals surface area contributed by atoms with E-state index in [1.165, 1.54) is 0 Å². The van der Waals surface area contributed by atoms with Crippen LogP contribution in [-0.4, -0.2) is 39.4 Å². The monoisotopic (exact) mass is 229 g/mol. The highest BCUT2D eigenvalue weighted by Gasteiger charge is 2.43. The Morgan fingerprint density at radius 3 is 2.31 bits per heavy atom. The highest BCUT2D eigenvalue weighted by molar-refractivity contribution is 5.70. The normalized spacial score (nSPS) is 34.2. The Kier molecular flexibility index (Phi) is 2.73. The van der Waals surface area contributed by atoms with Gasteiger partial charge < -0.3 is 10.2 Å². The Morgan fingerprint density at radius 2 is 1.88 bits per heavy atom. The van der Waals surface area contributed by atoms with E-state index in [1.54, 1.807) is 0 Å². The van der Waals surface area contributed by atoms with Gasteiger partial charge in [0.25, 0.3) is 0 Å². The van der Waals surface area contributed by atoms with Crippen LogP contribution >= 0.6 is 0 Å². The SMILES string of the molecule is O=C(O)C1CCC2(CC1)CN(C(=O)O)NN2. The summed E-state index contributed by atoms with van der Waals surface area (Å²) in [4.78, 5) is 21.5. The lowest BCUT2D eigenvalue weighted by atomic mass is 9.77. The predicted octanol–water partition coefficient (Wildman–Crippen LogP) is 0.00280. The van der Waals surface area contributed by atoms with Crippen molar-refractivity contribution in [1.82, 2.24) is 16.0 Å². The van der Waals surface area contributed by atoms with Crippen LogP contribution in [0.2, 0.25) is 0 Å². The lowest BCUT2D eigenvalue weighted by Gasteiger charge is -2.34. The number of rotatable bonds is 1. The second-order valence-corrected chi connectivity index (χ2v) is 4.50. The molecule has 2 fully saturated rings. The quantitative estimate of drug-likeness (QED) is 0.505. The Morgan fingerprint density at radius 1 is 1.25 bits per heavy atom. The van der Waals surface area contributed by atoms with Gasteiger partial charge in [0, 0.05) is 0 Å². The zero-order valence-corrected chi connectivity index (χ0v) is 8.77. The van der Waals surface area contributed by atoms with Crippen molar-refractivity contribution in [3.8, 4) is 0 Å². The van der Waals surface area contributed by atoms with E-state index in [4.69, 9.17) is 10.2 Å². The predicted molar refractivity (Wildman–Crippen MR) is 53.3 cm³/mol. The summed E-state index contributed by atoms with van der Waals surface area (Å²) in [6.45, 7) is 0.370. The Labute approximate surface area is 92.4 Å². The third-order valence-corrected chi connectivity index (χ3v) is 3.44. The Hall–Kier alpha value is -1.34. The molecule has 7 nitrogen and oxygen atoms in total. The fraction of sp³-hybridized carbons (Fsp3) is 0.778. The fourth-order valence-corrected chi connectivity index (χ4v) is 2.38.